The molecule has 41 heavy (non-hydrogen) atoms. The predicted octanol–water partition coefficient (Wildman–Crippen LogP) is 1.63. The van der Waals surface area contributed by atoms with Crippen LogP contribution in [0.3, 0.4) is 0 Å². The zero-order chi connectivity index (χ0) is 29.3. The molecule has 2 amide bonds. The third kappa shape index (κ3) is 6.22. The molecule has 2 saturated heterocycles. The normalized spacial score (nSPS) is 20.4. The third-order valence-electron chi connectivity index (χ3n) is 7.52. The van der Waals surface area contributed by atoms with Crippen molar-refractivity contribution in [2.75, 3.05) is 49.1 Å². The van der Waals surface area contributed by atoms with Crippen molar-refractivity contribution >= 4 is 23.4 Å². The van der Waals surface area contributed by atoms with Gasteiger partial charge in [0.25, 0.3) is 0 Å². The van der Waals surface area contributed by atoms with Crippen molar-refractivity contribution in [1.82, 2.24) is 15.2 Å². The molecule has 12 nitrogen and oxygen atoms in total. The second-order valence-corrected chi connectivity index (χ2v) is 10.9. The molecule has 0 radical (unpaired) electrons. The number of nitrogens with one attached hydrogen (secondary N) is 1. The first-order valence-electron chi connectivity index (χ1n) is 13.7. The molecule has 1 aromatic carbocycles. The van der Waals surface area contributed by atoms with E-state index in [1.807, 2.05) is 18.7 Å². The van der Waals surface area contributed by atoms with Crippen molar-refractivity contribution in [3.8, 4) is 5.75 Å². The van der Waals surface area contributed by atoms with E-state index in [2.05, 4.69) is 15.2 Å². The number of pyridine rings is 1. The van der Waals surface area contributed by atoms with Crippen LogP contribution in [0.2, 0.25) is 0 Å². The number of piperazine rings is 1. The zero-order valence-electron chi connectivity index (χ0n) is 23.5. The van der Waals surface area contributed by atoms with E-state index >= 15 is 4.39 Å². The van der Waals surface area contributed by atoms with E-state index < -0.39 is 23.8 Å². The number of fused-ring (bicyclic) bond motifs is 1. The van der Waals surface area contributed by atoms with Gasteiger partial charge in [0.2, 0.25) is 11.7 Å². The standard InChI is InChI=1S/C28H36FN5O7/c1-17(37)30-11-19-12-34(27(38)40-19)18-4-5-25(22(29)10-18)33-8-6-32(7-9-33)13-23-26-21(16-39-28(2,3)41-26)20(14-35)24(15-36)31-23/h4-5,10,19,35-36H,6-9,11-16H2,1-3H3,(H,30,37)/t19-/m0/s1. The summed E-state index contributed by atoms with van der Waals surface area (Å²) in [6, 6.07) is 4.70. The molecule has 3 aliphatic rings. The molecule has 3 N–H and O–H groups in total. The summed E-state index contributed by atoms with van der Waals surface area (Å²) in [5.41, 5.74) is 3.13. The molecule has 2 fully saturated rings. The van der Waals surface area contributed by atoms with Crippen molar-refractivity contribution in [2.24, 2.45) is 0 Å². The fraction of sp³-hybridized carbons (Fsp3) is 0.536. The van der Waals surface area contributed by atoms with Gasteiger partial charge in [-0.3, -0.25) is 14.6 Å². The Hall–Kier alpha value is -3.52. The Labute approximate surface area is 237 Å². The summed E-state index contributed by atoms with van der Waals surface area (Å²) in [6.07, 6.45) is -1.08. The number of ether oxygens (including phenoxy) is 3. The summed E-state index contributed by atoms with van der Waals surface area (Å²) >= 11 is 0. The highest BCUT2D eigenvalue weighted by Gasteiger charge is 2.35. The summed E-state index contributed by atoms with van der Waals surface area (Å²) in [5, 5.41) is 22.4. The highest BCUT2D eigenvalue weighted by Crippen LogP contribution is 2.38. The minimum absolute atomic E-state index is 0.200. The van der Waals surface area contributed by atoms with E-state index in [4.69, 9.17) is 14.2 Å². The molecular formula is C28H36FN5O7. The van der Waals surface area contributed by atoms with Crippen LogP contribution < -0.4 is 19.9 Å². The number of nitrogens with zero attached hydrogens (tertiary/aromatic N) is 4. The first-order chi connectivity index (χ1) is 19.6. The second-order valence-electron chi connectivity index (χ2n) is 10.9. The lowest BCUT2D eigenvalue weighted by atomic mass is 10.0. The largest absolute Gasteiger partial charge is 0.461 e. The number of hydrogen-bond donors (Lipinski definition) is 3. The van der Waals surface area contributed by atoms with Gasteiger partial charge in [-0.25, -0.2) is 14.2 Å². The molecule has 0 bridgehead atoms. The minimum atomic E-state index is -0.850. The van der Waals surface area contributed by atoms with E-state index in [0.29, 0.717) is 72.4 Å². The average molecular weight is 574 g/mol. The van der Waals surface area contributed by atoms with Crippen LogP contribution in [0.25, 0.3) is 0 Å². The van der Waals surface area contributed by atoms with E-state index in [1.165, 1.54) is 17.9 Å². The third-order valence-corrected chi connectivity index (χ3v) is 7.52. The molecule has 1 atom stereocenters. The summed E-state index contributed by atoms with van der Waals surface area (Å²) < 4.78 is 32.4. The number of aliphatic hydroxyl groups is 2. The van der Waals surface area contributed by atoms with Crippen LogP contribution in [0.15, 0.2) is 18.2 Å². The summed E-state index contributed by atoms with van der Waals surface area (Å²) in [6.45, 7) is 7.96. The van der Waals surface area contributed by atoms with Crippen molar-refractivity contribution in [3.63, 3.8) is 0 Å². The molecule has 5 rings (SSSR count). The van der Waals surface area contributed by atoms with Crippen molar-refractivity contribution in [2.45, 2.75) is 59.0 Å². The Morgan fingerprint density at radius 3 is 2.59 bits per heavy atom. The highest BCUT2D eigenvalue weighted by molar-refractivity contribution is 5.90. The number of halogens is 1. The number of carbonyl (C=O) groups is 2. The van der Waals surface area contributed by atoms with Gasteiger partial charge in [0.15, 0.2) is 5.75 Å². The first-order valence-corrected chi connectivity index (χ1v) is 13.7. The van der Waals surface area contributed by atoms with Crippen molar-refractivity contribution in [3.05, 3.63) is 46.5 Å². The number of rotatable bonds is 8. The van der Waals surface area contributed by atoms with Crippen LogP contribution in [0.4, 0.5) is 20.6 Å². The molecule has 0 saturated carbocycles. The maximum absolute atomic E-state index is 15.3. The predicted molar refractivity (Wildman–Crippen MR) is 146 cm³/mol. The van der Waals surface area contributed by atoms with Gasteiger partial charge in [-0.05, 0) is 18.2 Å². The summed E-state index contributed by atoms with van der Waals surface area (Å²) in [7, 11) is 0. The minimum Gasteiger partial charge on any atom is -0.461 e. The van der Waals surface area contributed by atoms with Gasteiger partial charge in [0.05, 0.1) is 55.7 Å². The van der Waals surface area contributed by atoms with Gasteiger partial charge in [-0.1, -0.05) is 0 Å². The number of aliphatic hydroxyl groups excluding tert-OH is 2. The number of hydrogen-bond acceptors (Lipinski definition) is 10. The topological polar surface area (TPSA) is 137 Å². The Morgan fingerprint density at radius 2 is 1.93 bits per heavy atom. The smallest absolute Gasteiger partial charge is 0.414 e. The average Bonchev–Trinajstić information content (AvgIpc) is 3.32. The number of anilines is 2. The molecular weight excluding hydrogens is 537 g/mol. The molecule has 0 aliphatic carbocycles. The molecule has 2 aromatic rings. The second kappa shape index (κ2) is 11.8. The molecule has 222 valence electrons. The van der Waals surface area contributed by atoms with E-state index in [1.54, 1.807) is 12.1 Å². The highest BCUT2D eigenvalue weighted by atomic mass is 19.1. The van der Waals surface area contributed by atoms with Crippen LogP contribution in [0.1, 0.15) is 43.3 Å². The summed E-state index contributed by atoms with van der Waals surface area (Å²) in [4.78, 5) is 33.6. The van der Waals surface area contributed by atoms with Crippen LogP contribution in [0.5, 0.6) is 5.75 Å². The number of benzene rings is 1. The van der Waals surface area contributed by atoms with Crippen LogP contribution in [-0.2, 0) is 40.6 Å². The SMILES string of the molecule is CC(=O)NC[C@H]1CN(c2ccc(N3CCN(Cc4nc(CO)c(CO)c5c4OC(C)(C)OC5)CC3)c(F)c2)C(=O)O1. The molecule has 4 heterocycles. The molecule has 0 spiro atoms. The van der Waals surface area contributed by atoms with Gasteiger partial charge in [-0.2, -0.15) is 0 Å². The molecule has 13 heteroatoms. The lowest BCUT2D eigenvalue weighted by Crippen LogP contribution is -2.46. The lowest BCUT2D eigenvalue weighted by molar-refractivity contribution is -0.181. The number of cyclic esters (lactones) is 1. The lowest BCUT2D eigenvalue weighted by Gasteiger charge is -2.38. The number of aromatic nitrogens is 1. The summed E-state index contributed by atoms with van der Waals surface area (Å²) in [5.74, 6) is -0.928. The molecule has 3 aliphatic heterocycles. The number of carbonyl (C=O) groups excluding carboxylic acids is 2. The maximum atomic E-state index is 15.3. The van der Waals surface area contributed by atoms with Crippen LogP contribution in [-0.4, -0.2) is 83.3 Å². The quantitative estimate of drug-likeness (QED) is 0.428. The van der Waals surface area contributed by atoms with Crippen molar-refractivity contribution < 1.29 is 38.4 Å². The number of amides is 2. The Bertz CT molecular complexity index is 1320. The van der Waals surface area contributed by atoms with Gasteiger partial charge in [-0.15, -0.1) is 0 Å². The first kappa shape index (κ1) is 29.0. The van der Waals surface area contributed by atoms with Crippen molar-refractivity contribution in [1.29, 1.82) is 0 Å². The fourth-order valence-corrected chi connectivity index (χ4v) is 5.36. The Balaban J connectivity index is 1.24. The Kier molecular flexibility index (Phi) is 8.32. The fourth-order valence-electron chi connectivity index (χ4n) is 5.36. The van der Waals surface area contributed by atoms with Gasteiger partial charge in [0, 0.05) is 64.6 Å². The molecule has 1 aromatic heterocycles. The van der Waals surface area contributed by atoms with Gasteiger partial charge < -0.3 is 34.6 Å². The molecule has 0 unspecified atom stereocenters. The van der Waals surface area contributed by atoms with Gasteiger partial charge in [0.1, 0.15) is 11.9 Å². The van der Waals surface area contributed by atoms with E-state index in [0.717, 1.165) is 0 Å². The van der Waals surface area contributed by atoms with E-state index in [9.17, 15) is 19.8 Å². The zero-order valence-corrected chi connectivity index (χ0v) is 23.5. The van der Waals surface area contributed by atoms with Crippen LogP contribution >= 0.6 is 0 Å². The maximum Gasteiger partial charge on any atom is 0.414 e. The monoisotopic (exact) mass is 573 g/mol. The van der Waals surface area contributed by atoms with Gasteiger partial charge >= 0.3 is 6.09 Å². The Morgan fingerprint density at radius 1 is 1.17 bits per heavy atom. The van der Waals surface area contributed by atoms with E-state index in [-0.39, 0.29) is 38.8 Å². The van der Waals surface area contributed by atoms with Crippen LogP contribution in [0, 0.1) is 5.82 Å².